The number of hydrogen-bond acceptors (Lipinski definition) is 8. The zero-order chi connectivity index (χ0) is 19.4. The molecule has 0 aliphatic carbocycles. The molecule has 0 radical (unpaired) electrons. The molecule has 0 aliphatic rings. The smallest absolute Gasteiger partial charge is 0.229 e. The molecular formula is C19H14N4O4-2. The van der Waals surface area contributed by atoms with Crippen molar-refractivity contribution in [2.24, 2.45) is 0 Å². The molecule has 1 aromatic heterocycles. The third kappa shape index (κ3) is 4.18. The van der Waals surface area contributed by atoms with E-state index in [1.807, 2.05) is 0 Å². The molecule has 0 bridgehead atoms. The molecule has 0 spiro atoms. The van der Waals surface area contributed by atoms with Crippen molar-refractivity contribution in [1.29, 1.82) is 0 Å². The van der Waals surface area contributed by atoms with E-state index >= 15 is 0 Å². The van der Waals surface area contributed by atoms with E-state index in [9.17, 15) is 19.8 Å². The molecule has 2 N–H and O–H groups in total. The Morgan fingerprint density at radius 2 is 1.33 bits per heavy atom. The molecule has 2 aromatic carbocycles. The van der Waals surface area contributed by atoms with Gasteiger partial charge in [0.05, 0.1) is 11.9 Å². The Morgan fingerprint density at radius 1 is 0.815 bits per heavy atom. The van der Waals surface area contributed by atoms with Gasteiger partial charge < -0.3 is 30.4 Å². The highest BCUT2D eigenvalue weighted by Crippen LogP contribution is 2.23. The van der Waals surface area contributed by atoms with Gasteiger partial charge in [-0.25, -0.2) is 4.98 Å². The summed E-state index contributed by atoms with van der Waals surface area (Å²) in [6, 6.07) is 14.1. The van der Waals surface area contributed by atoms with E-state index in [1.165, 1.54) is 12.1 Å². The van der Waals surface area contributed by atoms with Crippen LogP contribution in [0.15, 0.2) is 54.6 Å². The number of carboxylic acids is 2. The van der Waals surface area contributed by atoms with Gasteiger partial charge in [0.2, 0.25) is 5.95 Å². The molecule has 0 atom stereocenters. The van der Waals surface area contributed by atoms with Crippen molar-refractivity contribution in [3.8, 4) is 0 Å². The Labute approximate surface area is 154 Å². The van der Waals surface area contributed by atoms with Crippen LogP contribution in [-0.2, 0) is 0 Å². The zero-order valence-electron chi connectivity index (χ0n) is 14.2. The lowest BCUT2D eigenvalue weighted by molar-refractivity contribution is -0.256. The topological polar surface area (TPSA) is 130 Å². The third-order valence-corrected chi connectivity index (χ3v) is 3.66. The van der Waals surface area contributed by atoms with E-state index < -0.39 is 11.9 Å². The van der Waals surface area contributed by atoms with Crippen molar-refractivity contribution in [3.63, 3.8) is 0 Å². The van der Waals surface area contributed by atoms with E-state index in [-0.39, 0.29) is 22.8 Å². The molecule has 0 aliphatic heterocycles. The fourth-order valence-corrected chi connectivity index (χ4v) is 2.49. The lowest BCUT2D eigenvalue weighted by atomic mass is 10.2. The Bertz CT molecular complexity index is 942. The van der Waals surface area contributed by atoms with Crippen LogP contribution >= 0.6 is 0 Å². The maximum atomic E-state index is 11.2. The average Bonchev–Trinajstić information content (AvgIpc) is 2.61. The van der Waals surface area contributed by atoms with Crippen molar-refractivity contribution in [3.05, 3.63) is 71.4 Å². The number of nitrogens with zero attached hydrogens (tertiary/aromatic N) is 2. The largest absolute Gasteiger partial charge is 0.545 e. The zero-order valence-corrected chi connectivity index (χ0v) is 14.2. The molecule has 3 aromatic rings. The summed E-state index contributed by atoms with van der Waals surface area (Å²) < 4.78 is 0. The van der Waals surface area contributed by atoms with E-state index in [0.29, 0.717) is 17.2 Å². The lowest BCUT2D eigenvalue weighted by Crippen LogP contribution is -2.23. The Morgan fingerprint density at radius 3 is 1.89 bits per heavy atom. The Kier molecular flexibility index (Phi) is 4.98. The molecular weight excluding hydrogens is 348 g/mol. The second kappa shape index (κ2) is 7.52. The summed E-state index contributed by atoms with van der Waals surface area (Å²) in [6.07, 6.45) is 0. The number of carboxylic acid groups (broad SMARTS) is 2. The van der Waals surface area contributed by atoms with E-state index in [0.717, 1.165) is 0 Å². The number of para-hydroxylation sites is 2. The van der Waals surface area contributed by atoms with Crippen molar-refractivity contribution < 1.29 is 19.8 Å². The van der Waals surface area contributed by atoms with Crippen LogP contribution in [0, 0.1) is 6.92 Å². The molecule has 136 valence electrons. The summed E-state index contributed by atoms with van der Waals surface area (Å²) in [7, 11) is 0. The maximum absolute atomic E-state index is 11.2. The molecule has 8 heteroatoms. The fourth-order valence-electron chi connectivity index (χ4n) is 2.49. The summed E-state index contributed by atoms with van der Waals surface area (Å²) in [5, 5.41) is 28.2. The Hall–Kier alpha value is -3.94. The van der Waals surface area contributed by atoms with Gasteiger partial charge in [0, 0.05) is 34.3 Å². The monoisotopic (exact) mass is 362 g/mol. The van der Waals surface area contributed by atoms with Gasteiger partial charge in [0.25, 0.3) is 0 Å². The SMILES string of the molecule is Cc1cc(Nc2ccccc2C(=O)[O-])nc(Nc2ccccc2C(=O)[O-])n1. The summed E-state index contributed by atoms with van der Waals surface area (Å²) in [4.78, 5) is 30.9. The van der Waals surface area contributed by atoms with Crippen LogP contribution < -0.4 is 20.8 Å². The first-order chi connectivity index (χ1) is 12.9. The number of anilines is 4. The molecule has 0 saturated carbocycles. The highest BCUT2D eigenvalue weighted by atomic mass is 16.4. The summed E-state index contributed by atoms with van der Waals surface area (Å²) in [5.74, 6) is -2.15. The van der Waals surface area contributed by atoms with Gasteiger partial charge in [0.1, 0.15) is 5.82 Å². The number of rotatable bonds is 6. The van der Waals surface area contributed by atoms with Crippen LogP contribution in [0.2, 0.25) is 0 Å². The highest BCUT2D eigenvalue weighted by Gasteiger charge is 2.09. The average molecular weight is 362 g/mol. The number of benzene rings is 2. The first-order valence-corrected chi connectivity index (χ1v) is 7.94. The van der Waals surface area contributed by atoms with Crippen molar-refractivity contribution >= 4 is 35.1 Å². The first kappa shape index (κ1) is 17.9. The van der Waals surface area contributed by atoms with Gasteiger partial charge in [-0.3, -0.25) is 0 Å². The second-order valence-corrected chi connectivity index (χ2v) is 5.63. The molecule has 1 heterocycles. The molecule has 0 fully saturated rings. The van der Waals surface area contributed by atoms with Gasteiger partial charge in [-0.15, -0.1) is 0 Å². The number of nitrogens with one attached hydrogen (secondary N) is 2. The number of hydrogen-bond donors (Lipinski definition) is 2. The molecule has 0 amide bonds. The Balaban J connectivity index is 1.92. The first-order valence-electron chi connectivity index (χ1n) is 7.94. The number of aromatic carboxylic acids is 2. The van der Waals surface area contributed by atoms with E-state index in [1.54, 1.807) is 49.4 Å². The normalized spacial score (nSPS) is 10.3. The molecule has 8 nitrogen and oxygen atoms in total. The van der Waals surface area contributed by atoms with Gasteiger partial charge in [0.15, 0.2) is 0 Å². The quantitative estimate of drug-likeness (QED) is 0.664. The van der Waals surface area contributed by atoms with Crippen LogP contribution in [0.25, 0.3) is 0 Å². The van der Waals surface area contributed by atoms with Crippen LogP contribution in [-0.4, -0.2) is 21.9 Å². The maximum Gasteiger partial charge on any atom is 0.229 e. The highest BCUT2D eigenvalue weighted by molar-refractivity contribution is 5.94. The predicted octanol–water partition coefficient (Wildman–Crippen LogP) is 0.999. The molecule has 0 saturated heterocycles. The molecule has 27 heavy (non-hydrogen) atoms. The third-order valence-electron chi connectivity index (χ3n) is 3.66. The molecule has 0 unspecified atom stereocenters. The van der Waals surface area contributed by atoms with Crippen LogP contribution in [0.5, 0.6) is 0 Å². The van der Waals surface area contributed by atoms with E-state index in [2.05, 4.69) is 20.6 Å². The number of aromatic nitrogens is 2. The number of carbonyl (C=O) groups is 2. The minimum atomic E-state index is -1.33. The molecule has 3 rings (SSSR count). The van der Waals surface area contributed by atoms with Gasteiger partial charge in [-0.05, 0) is 19.1 Å². The number of carbonyl (C=O) groups excluding carboxylic acids is 2. The van der Waals surface area contributed by atoms with Gasteiger partial charge >= 0.3 is 0 Å². The minimum absolute atomic E-state index is 0.00873. The summed E-state index contributed by atoms with van der Waals surface area (Å²) in [5.41, 5.74) is 1.15. The number of aryl methyl sites for hydroxylation is 1. The summed E-state index contributed by atoms with van der Waals surface area (Å²) >= 11 is 0. The van der Waals surface area contributed by atoms with Crippen molar-refractivity contribution in [1.82, 2.24) is 9.97 Å². The van der Waals surface area contributed by atoms with Crippen LogP contribution in [0.1, 0.15) is 26.4 Å². The van der Waals surface area contributed by atoms with Crippen molar-refractivity contribution in [2.45, 2.75) is 6.92 Å². The summed E-state index contributed by atoms with van der Waals surface area (Å²) in [6.45, 7) is 1.73. The van der Waals surface area contributed by atoms with E-state index in [4.69, 9.17) is 0 Å². The van der Waals surface area contributed by atoms with Crippen LogP contribution in [0.4, 0.5) is 23.1 Å². The second-order valence-electron chi connectivity index (χ2n) is 5.63. The van der Waals surface area contributed by atoms with Crippen LogP contribution in [0.3, 0.4) is 0 Å². The van der Waals surface area contributed by atoms with Gasteiger partial charge in [-0.2, -0.15) is 4.98 Å². The predicted molar refractivity (Wildman–Crippen MR) is 94.9 cm³/mol. The van der Waals surface area contributed by atoms with Crippen molar-refractivity contribution in [2.75, 3.05) is 10.6 Å². The minimum Gasteiger partial charge on any atom is -0.545 e. The standard InChI is InChI=1S/C19H16N4O4/c1-11-10-16(21-14-8-4-2-6-12(14)17(24)25)23-19(20-11)22-15-9-5-3-7-13(15)18(26)27/h2-10H,1H3,(H,24,25)(H,26,27)(H2,20,21,22,23)/p-2. The van der Waals surface area contributed by atoms with Gasteiger partial charge in [-0.1, -0.05) is 36.4 Å². The fraction of sp³-hybridized carbons (Fsp3) is 0.0526. The lowest BCUT2D eigenvalue weighted by Gasteiger charge is -2.15.